The molecule has 2 heteroatoms. The molecule has 0 spiro atoms. The van der Waals surface area contributed by atoms with Crippen LogP contribution in [0.15, 0.2) is 24.3 Å². The number of benzene rings is 1. The molecule has 1 aromatic rings. The minimum atomic E-state index is 0.751. The zero-order valence-electron chi connectivity index (χ0n) is 8.63. The summed E-state index contributed by atoms with van der Waals surface area (Å²) in [6.45, 7) is 3.85. The topological polar surface area (TPSA) is 9.23 Å². The molecule has 0 aliphatic heterocycles. The Hall–Kier alpha value is -0.0900. The number of halogens is 1. The van der Waals surface area contributed by atoms with E-state index >= 15 is 0 Å². The molecule has 0 bridgehead atoms. The van der Waals surface area contributed by atoms with Gasteiger partial charge in [0, 0.05) is 10.2 Å². The van der Waals surface area contributed by atoms with E-state index in [1.807, 2.05) is 0 Å². The van der Waals surface area contributed by atoms with Crippen LogP contribution in [0.4, 0.5) is 0 Å². The van der Waals surface area contributed by atoms with Crippen LogP contribution in [0.25, 0.3) is 0 Å². The van der Waals surface area contributed by atoms with Crippen molar-refractivity contribution in [3.05, 3.63) is 33.4 Å². The van der Waals surface area contributed by atoms with E-state index < -0.39 is 0 Å². The maximum Gasteiger partial charge on any atom is 0.0716 e. The van der Waals surface area contributed by atoms with Gasteiger partial charge in [0.25, 0.3) is 0 Å². The Morgan fingerprint density at radius 1 is 1.14 bits per heavy atom. The lowest BCUT2D eigenvalue weighted by molar-refractivity contribution is 0.117. The van der Waals surface area contributed by atoms with Crippen LogP contribution in [-0.4, -0.2) is 6.61 Å². The Morgan fingerprint density at radius 2 is 1.86 bits per heavy atom. The standard InChI is InChI=1S/C12H17IO/c1-2-3-4-9-14-10-11-5-7-12(13)8-6-11/h5-8H,2-4,9-10H2,1H3. The van der Waals surface area contributed by atoms with Gasteiger partial charge in [-0.05, 0) is 46.7 Å². The van der Waals surface area contributed by atoms with Crippen molar-refractivity contribution in [3.8, 4) is 0 Å². The van der Waals surface area contributed by atoms with Gasteiger partial charge in [0.2, 0.25) is 0 Å². The minimum Gasteiger partial charge on any atom is -0.377 e. The molecule has 0 amide bonds. The van der Waals surface area contributed by atoms with Crippen molar-refractivity contribution in [2.24, 2.45) is 0 Å². The molecule has 0 N–H and O–H groups in total. The van der Waals surface area contributed by atoms with Crippen LogP contribution in [0.2, 0.25) is 0 Å². The van der Waals surface area contributed by atoms with Crippen LogP contribution in [0.3, 0.4) is 0 Å². The van der Waals surface area contributed by atoms with Gasteiger partial charge in [0.15, 0.2) is 0 Å². The van der Waals surface area contributed by atoms with Crippen LogP contribution in [0.1, 0.15) is 31.7 Å². The van der Waals surface area contributed by atoms with Crippen molar-refractivity contribution in [1.29, 1.82) is 0 Å². The van der Waals surface area contributed by atoms with Crippen molar-refractivity contribution < 1.29 is 4.74 Å². The van der Waals surface area contributed by atoms with E-state index in [9.17, 15) is 0 Å². The lowest BCUT2D eigenvalue weighted by Gasteiger charge is -2.03. The molecule has 0 aromatic heterocycles. The van der Waals surface area contributed by atoms with E-state index in [1.165, 1.54) is 28.4 Å². The fourth-order valence-electron chi connectivity index (χ4n) is 1.22. The molecule has 0 atom stereocenters. The Kier molecular flexibility index (Phi) is 6.19. The molecule has 1 aromatic carbocycles. The van der Waals surface area contributed by atoms with Crippen molar-refractivity contribution in [3.63, 3.8) is 0 Å². The minimum absolute atomic E-state index is 0.751. The Labute approximate surface area is 100.0 Å². The number of rotatable bonds is 6. The third kappa shape index (κ3) is 4.96. The van der Waals surface area contributed by atoms with Crippen LogP contribution in [-0.2, 0) is 11.3 Å². The highest BCUT2D eigenvalue weighted by Crippen LogP contribution is 2.08. The first-order chi connectivity index (χ1) is 6.83. The lowest BCUT2D eigenvalue weighted by atomic mass is 10.2. The van der Waals surface area contributed by atoms with Crippen LogP contribution in [0.5, 0.6) is 0 Å². The summed E-state index contributed by atoms with van der Waals surface area (Å²) >= 11 is 2.31. The molecule has 14 heavy (non-hydrogen) atoms. The van der Waals surface area contributed by atoms with Gasteiger partial charge in [0.05, 0.1) is 6.61 Å². The fraction of sp³-hybridized carbons (Fsp3) is 0.500. The fourth-order valence-corrected chi connectivity index (χ4v) is 1.58. The summed E-state index contributed by atoms with van der Waals surface area (Å²) in [6, 6.07) is 8.49. The molecule has 0 saturated heterocycles. The number of hydrogen-bond donors (Lipinski definition) is 0. The first-order valence-electron chi connectivity index (χ1n) is 5.15. The largest absolute Gasteiger partial charge is 0.377 e. The van der Waals surface area contributed by atoms with Gasteiger partial charge < -0.3 is 4.74 Å². The lowest BCUT2D eigenvalue weighted by Crippen LogP contribution is -1.95. The number of ether oxygens (including phenoxy) is 1. The Bertz CT molecular complexity index is 243. The average Bonchev–Trinajstić information content (AvgIpc) is 2.21. The van der Waals surface area contributed by atoms with Gasteiger partial charge in [-0.25, -0.2) is 0 Å². The first kappa shape index (κ1) is 12.0. The molecule has 0 aliphatic carbocycles. The van der Waals surface area contributed by atoms with E-state index in [0.717, 1.165) is 13.2 Å². The zero-order valence-corrected chi connectivity index (χ0v) is 10.8. The maximum atomic E-state index is 5.56. The van der Waals surface area contributed by atoms with Crippen molar-refractivity contribution >= 4 is 22.6 Å². The Balaban J connectivity index is 2.15. The monoisotopic (exact) mass is 304 g/mol. The van der Waals surface area contributed by atoms with Crippen molar-refractivity contribution in [2.75, 3.05) is 6.61 Å². The highest BCUT2D eigenvalue weighted by atomic mass is 127. The summed E-state index contributed by atoms with van der Waals surface area (Å²) in [6.07, 6.45) is 3.71. The molecule has 0 heterocycles. The van der Waals surface area contributed by atoms with Crippen LogP contribution < -0.4 is 0 Å². The number of hydrogen-bond acceptors (Lipinski definition) is 1. The smallest absolute Gasteiger partial charge is 0.0716 e. The summed E-state index contributed by atoms with van der Waals surface area (Å²) in [7, 11) is 0. The maximum absolute atomic E-state index is 5.56. The van der Waals surface area contributed by atoms with Crippen LogP contribution >= 0.6 is 22.6 Å². The van der Waals surface area contributed by atoms with E-state index in [4.69, 9.17) is 4.74 Å². The summed E-state index contributed by atoms with van der Waals surface area (Å²) in [5.41, 5.74) is 1.27. The summed E-state index contributed by atoms with van der Waals surface area (Å²) < 4.78 is 6.83. The van der Waals surface area contributed by atoms with Gasteiger partial charge in [0.1, 0.15) is 0 Å². The zero-order chi connectivity index (χ0) is 10.2. The molecule has 0 aliphatic rings. The second-order valence-electron chi connectivity index (χ2n) is 3.39. The molecule has 0 saturated carbocycles. The predicted octanol–water partition coefficient (Wildman–Crippen LogP) is 4.00. The second-order valence-corrected chi connectivity index (χ2v) is 4.63. The quantitative estimate of drug-likeness (QED) is 0.570. The highest BCUT2D eigenvalue weighted by Gasteiger charge is 1.93. The molecule has 1 nitrogen and oxygen atoms in total. The van der Waals surface area contributed by atoms with Crippen molar-refractivity contribution in [1.82, 2.24) is 0 Å². The predicted molar refractivity (Wildman–Crippen MR) is 68.3 cm³/mol. The molecular weight excluding hydrogens is 287 g/mol. The van der Waals surface area contributed by atoms with E-state index in [2.05, 4.69) is 53.8 Å². The number of unbranched alkanes of at least 4 members (excludes halogenated alkanes) is 2. The van der Waals surface area contributed by atoms with Gasteiger partial charge in [-0.1, -0.05) is 31.9 Å². The van der Waals surface area contributed by atoms with E-state index in [1.54, 1.807) is 0 Å². The average molecular weight is 304 g/mol. The molecule has 0 unspecified atom stereocenters. The SMILES string of the molecule is CCCCCOCc1ccc(I)cc1. The van der Waals surface area contributed by atoms with Gasteiger partial charge in [-0.15, -0.1) is 0 Å². The molecular formula is C12H17IO. The van der Waals surface area contributed by atoms with E-state index in [0.29, 0.717) is 0 Å². The summed E-state index contributed by atoms with van der Waals surface area (Å²) in [4.78, 5) is 0. The second kappa shape index (κ2) is 7.23. The first-order valence-corrected chi connectivity index (χ1v) is 6.23. The summed E-state index contributed by atoms with van der Waals surface area (Å²) in [5, 5.41) is 0. The van der Waals surface area contributed by atoms with Crippen molar-refractivity contribution in [2.45, 2.75) is 32.8 Å². The van der Waals surface area contributed by atoms with E-state index in [-0.39, 0.29) is 0 Å². The Morgan fingerprint density at radius 3 is 2.50 bits per heavy atom. The third-order valence-corrected chi connectivity index (χ3v) is 2.79. The molecule has 1 rings (SSSR count). The summed E-state index contributed by atoms with van der Waals surface area (Å²) in [5.74, 6) is 0. The molecule has 78 valence electrons. The van der Waals surface area contributed by atoms with Gasteiger partial charge in [-0.2, -0.15) is 0 Å². The van der Waals surface area contributed by atoms with Crippen LogP contribution in [0, 0.1) is 3.57 Å². The molecule has 0 fully saturated rings. The van der Waals surface area contributed by atoms with Gasteiger partial charge in [-0.3, -0.25) is 0 Å². The highest BCUT2D eigenvalue weighted by molar-refractivity contribution is 14.1. The normalized spacial score (nSPS) is 10.4. The van der Waals surface area contributed by atoms with Gasteiger partial charge >= 0.3 is 0 Å². The third-order valence-electron chi connectivity index (χ3n) is 2.07. The molecule has 0 radical (unpaired) electrons.